The Morgan fingerprint density at radius 1 is 1.13 bits per heavy atom. The molecule has 1 aliphatic rings. The zero-order valence-corrected chi connectivity index (χ0v) is 13.3. The van der Waals surface area contributed by atoms with Gasteiger partial charge in [-0.05, 0) is 29.8 Å². The zero-order chi connectivity index (χ0) is 16.2. The van der Waals surface area contributed by atoms with Gasteiger partial charge in [-0.3, -0.25) is 9.59 Å². The highest BCUT2D eigenvalue weighted by Crippen LogP contribution is 2.23. The fourth-order valence-electron chi connectivity index (χ4n) is 2.73. The van der Waals surface area contributed by atoms with Gasteiger partial charge in [-0.15, -0.1) is 0 Å². The Bertz CT molecular complexity index is 701. The molecule has 2 amide bonds. The molecule has 118 valence electrons. The smallest absolute Gasteiger partial charge is 0.229 e. The number of rotatable bonds is 4. The van der Waals surface area contributed by atoms with Gasteiger partial charge in [0, 0.05) is 23.7 Å². The number of carbonyl (C=O) groups is 2. The lowest BCUT2D eigenvalue weighted by atomic mass is 10.1. The highest BCUT2D eigenvalue weighted by molar-refractivity contribution is 6.30. The third-order valence-electron chi connectivity index (χ3n) is 3.84. The van der Waals surface area contributed by atoms with Crippen LogP contribution in [0.2, 0.25) is 5.02 Å². The number of amides is 2. The molecule has 1 unspecified atom stereocenters. The average Bonchev–Trinajstić information content (AvgIpc) is 2.89. The zero-order valence-electron chi connectivity index (χ0n) is 12.5. The Labute approximate surface area is 140 Å². The maximum absolute atomic E-state index is 12.2. The third-order valence-corrected chi connectivity index (χ3v) is 4.09. The molecule has 0 bridgehead atoms. The minimum atomic E-state index is -0.158. The summed E-state index contributed by atoms with van der Waals surface area (Å²) in [5.74, 6) is -0.0516. The first kappa shape index (κ1) is 15.6. The number of nitrogens with zero attached hydrogens (tertiary/aromatic N) is 1. The number of anilines is 1. The van der Waals surface area contributed by atoms with Crippen LogP contribution >= 0.6 is 11.6 Å². The van der Waals surface area contributed by atoms with E-state index in [2.05, 4.69) is 5.32 Å². The molecule has 23 heavy (non-hydrogen) atoms. The predicted octanol–water partition coefficient (Wildman–Crippen LogP) is 2.80. The van der Waals surface area contributed by atoms with Gasteiger partial charge in [0.25, 0.3) is 0 Å². The molecule has 5 heteroatoms. The van der Waals surface area contributed by atoms with Crippen LogP contribution in [0.15, 0.2) is 54.6 Å². The molecular weight excluding hydrogens is 312 g/mol. The van der Waals surface area contributed by atoms with Gasteiger partial charge in [0.1, 0.15) is 0 Å². The van der Waals surface area contributed by atoms with Crippen LogP contribution in [0.1, 0.15) is 12.0 Å². The van der Waals surface area contributed by atoms with Crippen molar-refractivity contribution in [1.82, 2.24) is 5.32 Å². The van der Waals surface area contributed by atoms with Crippen LogP contribution in [0.25, 0.3) is 0 Å². The molecule has 1 aliphatic heterocycles. The summed E-state index contributed by atoms with van der Waals surface area (Å²) in [4.78, 5) is 25.9. The van der Waals surface area contributed by atoms with Gasteiger partial charge in [0.2, 0.25) is 11.8 Å². The van der Waals surface area contributed by atoms with E-state index in [0.717, 1.165) is 11.3 Å². The molecule has 4 nitrogen and oxygen atoms in total. The van der Waals surface area contributed by atoms with Gasteiger partial charge in [-0.1, -0.05) is 41.9 Å². The minimum absolute atomic E-state index is 0.0114. The van der Waals surface area contributed by atoms with E-state index in [1.54, 1.807) is 17.0 Å². The van der Waals surface area contributed by atoms with E-state index in [0.29, 0.717) is 24.4 Å². The summed E-state index contributed by atoms with van der Waals surface area (Å²) in [6, 6.07) is 16.5. The normalized spacial score (nSPS) is 17.3. The van der Waals surface area contributed by atoms with E-state index in [9.17, 15) is 9.59 Å². The highest BCUT2D eigenvalue weighted by atomic mass is 35.5. The lowest BCUT2D eigenvalue weighted by Gasteiger charge is -2.17. The molecule has 1 atom stereocenters. The van der Waals surface area contributed by atoms with Crippen LogP contribution in [0.5, 0.6) is 0 Å². The van der Waals surface area contributed by atoms with Crippen molar-refractivity contribution in [3.05, 3.63) is 65.2 Å². The summed E-state index contributed by atoms with van der Waals surface area (Å²) >= 11 is 5.87. The molecular formula is C18H17ClN2O2. The average molecular weight is 329 g/mol. The molecule has 1 N–H and O–H groups in total. The number of benzene rings is 2. The first-order chi connectivity index (χ1) is 11.1. The number of carbonyl (C=O) groups excluding carboxylic acids is 2. The van der Waals surface area contributed by atoms with E-state index in [4.69, 9.17) is 11.6 Å². The lowest BCUT2D eigenvalue weighted by Crippen LogP contribution is -2.38. The van der Waals surface area contributed by atoms with Crippen LogP contribution in [-0.4, -0.2) is 24.4 Å². The Morgan fingerprint density at radius 2 is 1.83 bits per heavy atom. The SMILES string of the molecule is O=C(Cc1ccccc1)NC1CC(=O)N(c2ccc(Cl)cc2)C1. The van der Waals surface area contributed by atoms with Crippen LogP contribution in [-0.2, 0) is 16.0 Å². The molecule has 0 saturated carbocycles. The van der Waals surface area contributed by atoms with Crippen LogP contribution in [0, 0.1) is 0 Å². The molecule has 0 aromatic heterocycles. The fourth-order valence-corrected chi connectivity index (χ4v) is 2.86. The Hall–Kier alpha value is -2.33. The first-order valence-electron chi connectivity index (χ1n) is 7.51. The summed E-state index contributed by atoms with van der Waals surface area (Å²) in [5.41, 5.74) is 1.77. The lowest BCUT2D eigenvalue weighted by molar-refractivity contribution is -0.121. The van der Waals surface area contributed by atoms with Crippen molar-refractivity contribution >= 4 is 29.1 Å². The summed E-state index contributed by atoms with van der Waals surface area (Å²) < 4.78 is 0. The van der Waals surface area contributed by atoms with E-state index in [1.807, 2.05) is 42.5 Å². The minimum Gasteiger partial charge on any atom is -0.351 e. The van der Waals surface area contributed by atoms with Crippen molar-refractivity contribution in [3.63, 3.8) is 0 Å². The Morgan fingerprint density at radius 3 is 2.52 bits per heavy atom. The van der Waals surface area contributed by atoms with Gasteiger partial charge in [-0.25, -0.2) is 0 Å². The second-order valence-corrected chi connectivity index (χ2v) is 6.05. The largest absolute Gasteiger partial charge is 0.351 e. The molecule has 1 heterocycles. The monoisotopic (exact) mass is 328 g/mol. The quantitative estimate of drug-likeness (QED) is 0.938. The molecule has 3 rings (SSSR count). The number of halogens is 1. The summed E-state index contributed by atoms with van der Waals surface area (Å²) in [5, 5.41) is 3.57. The second-order valence-electron chi connectivity index (χ2n) is 5.61. The maximum atomic E-state index is 12.2. The third kappa shape index (κ3) is 3.90. The summed E-state index contributed by atoms with van der Waals surface area (Å²) in [6.07, 6.45) is 0.648. The predicted molar refractivity (Wildman–Crippen MR) is 90.5 cm³/mol. The standard InChI is InChI=1S/C18H17ClN2O2/c19-14-6-8-16(9-7-14)21-12-15(11-18(21)23)20-17(22)10-13-4-2-1-3-5-13/h1-9,15H,10-12H2,(H,20,22). The second kappa shape index (κ2) is 6.84. The number of hydrogen-bond acceptors (Lipinski definition) is 2. The van der Waals surface area contributed by atoms with Crippen molar-refractivity contribution in [2.45, 2.75) is 18.9 Å². The van der Waals surface area contributed by atoms with Gasteiger partial charge >= 0.3 is 0 Å². The van der Waals surface area contributed by atoms with E-state index < -0.39 is 0 Å². The van der Waals surface area contributed by atoms with Gasteiger partial charge in [-0.2, -0.15) is 0 Å². The fraction of sp³-hybridized carbons (Fsp3) is 0.222. The van der Waals surface area contributed by atoms with Gasteiger partial charge < -0.3 is 10.2 Å². The topological polar surface area (TPSA) is 49.4 Å². The molecule has 1 saturated heterocycles. The van der Waals surface area contributed by atoms with Crippen LogP contribution in [0.3, 0.4) is 0 Å². The van der Waals surface area contributed by atoms with Crippen molar-refractivity contribution in [3.8, 4) is 0 Å². The van der Waals surface area contributed by atoms with Crippen LogP contribution < -0.4 is 10.2 Å². The maximum Gasteiger partial charge on any atom is 0.229 e. The number of nitrogens with one attached hydrogen (secondary N) is 1. The van der Waals surface area contributed by atoms with Crippen molar-refractivity contribution in [2.24, 2.45) is 0 Å². The molecule has 1 fully saturated rings. The van der Waals surface area contributed by atoms with E-state index in [1.165, 1.54) is 0 Å². The Kier molecular flexibility index (Phi) is 4.63. The van der Waals surface area contributed by atoms with Gasteiger partial charge in [0.05, 0.1) is 12.5 Å². The molecule has 2 aromatic carbocycles. The molecule has 0 spiro atoms. The summed E-state index contributed by atoms with van der Waals surface area (Å²) in [7, 11) is 0. The molecule has 2 aromatic rings. The molecule has 0 aliphatic carbocycles. The van der Waals surface area contributed by atoms with E-state index >= 15 is 0 Å². The highest BCUT2D eigenvalue weighted by Gasteiger charge is 2.31. The number of hydrogen-bond donors (Lipinski definition) is 1. The molecule has 0 radical (unpaired) electrons. The van der Waals surface area contributed by atoms with E-state index in [-0.39, 0.29) is 17.9 Å². The van der Waals surface area contributed by atoms with Crippen LogP contribution in [0.4, 0.5) is 5.69 Å². The summed E-state index contributed by atoms with van der Waals surface area (Å²) in [6.45, 7) is 0.487. The first-order valence-corrected chi connectivity index (χ1v) is 7.89. The Balaban J connectivity index is 1.59. The van der Waals surface area contributed by atoms with Crippen molar-refractivity contribution in [2.75, 3.05) is 11.4 Å². The van der Waals surface area contributed by atoms with Crippen molar-refractivity contribution < 1.29 is 9.59 Å². The van der Waals surface area contributed by atoms with Gasteiger partial charge in [0.15, 0.2) is 0 Å². The van der Waals surface area contributed by atoms with Crippen molar-refractivity contribution in [1.29, 1.82) is 0 Å².